The molecule has 0 heterocycles. The Hall–Kier alpha value is -0.0761. The summed E-state index contributed by atoms with van der Waals surface area (Å²) in [6, 6.07) is 2.18. The Bertz CT molecular complexity index is 556. The Balaban J connectivity index is 0.00000261. The maximum atomic E-state index is 5.75. The molecule has 149 valence electrons. The molecule has 0 bridgehead atoms. The van der Waals surface area contributed by atoms with Crippen LogP contribution in [0.1, 0.15) is 74.5 Å². The molecule has 1 aromatic rings. The molecule has 27 heavy (non-hydrogen) atoms. The number of rotatable bonds is 6. The summed E-state index contributed by atoms with van der Waals surface area (Å²) in [4.78, 5) is 0. The summed E-state index contributed by atoms with van der Waals surface area (Å²) in [5, 5.41) is 0. The number of aryl methyl sites for hydroxylation is 2. The Morgan fingerprint density at radius 2 is 1.30 bits per heavy atom. The molecule has 0 saturated heterocycles. The van der Waals surface area contributed by atoms with Crippen molar-refractivity contribution >= 4 is 0 Å². The van der Waals surface area contributed by atoms with Gasteiger partial charge in [0.1, 0.15) is 11.5 Å². The minimum atomic E-state index is 0. The van der Waals surface area contributed by atoms with Crippen LogP contribution in [0.4, 0.5) is 0 Å². The van der Waals surface area contributed by atoms with Gasteiger partial charge in [0.2, 0.25) is 0 Å². The Labute approximate surface area is 192 Å². The molecule has 1 aromatic carbocycles. The molecule has 2 aliphatic carbocycles. The van der Waals surface area contributed by atoms with Crippen LogP contribution in [0.3, 0.4) is 0 Å². The molecule has 2 saturated carbocycles. The minimum absolute atomic E-state index is 0. The topological polar surface area (TPSA) is 18.5 Å². The van der Waals surface area contributed by atoms with Gasteiger partial charge in [-0.15, -0.1) is 0 Å². The van der Waals surface area contributed by atoms with Crippen LogP contribution >= 0.6 is 0 Å². The van der Waals surface area contributed by atoms with Gasteiger partial charge in [-0.25, -0.2) is 0 Å². The zero-order chi connectivity index (χ0) is 18.5. The third kappa shape index (κ3) is 5.95. The van der Waals surface area contributed by atoms with E-state index in [0.717, 1.165) is 35.7 Å². The van der Waals surface area contributed by atoms with E-state index >= 15 is 0 Å². The van der Waals surface area contributed by atoms with Crippen LogP contribution in [-0.2, 0) is 39.1 Å². The molecular formula is C24H37O2Y-. The Morgan fingerprint density at radius 3 is 1.81 bits per heavy atom. The molecule has 3 heteroatoms. The summed E-state index contributed by atoms with van der Waals surface area (Å²) in [5.74, 6) is 4.81. The second-order valence-electron chi connectivity index (χ2n) is 8.69. The Kier molecular flexibility index (Phi) is 9.62. The predicted molar refractivity (Wildman–Crippen MR) is 109 cm³/mol. The van der Waals surface area contributed by atoms with Gasteiger partial charge >= 0.3 is 0 Å². The van der Waals surface area contributed by atoms with Crippen LogP contribution < -0.4 is 9.47 Å². The fourth-order valence-corrected chi connectivity index (χ4v) is 5.45. The van der Waals surface area contributed by atoms with Gasteiger partial charge in [-0.2, -0.15) is 12.8 Å². The molecule has 0 amide bonds. The molecule has 3 rings (SSSR count). The second kappa shape index (κ2) is 11.2. The van der Waals surface area contributed by atoms with Crippen molar-refractivity contribution in [2.45, 2.75) is 78.1 Å². The fourth-order valence-electron chi connectivity index (χ4n) is 5.45. The number of benzene rings is 1. The van der Waals surface area contributed by atoms with Crippen LogP contribution in [0, 0.1) is 38.0 Å². The van der Waals surface area contributed by atoms with Crippen molar-refractivity contribution in [3.05, 3.63) is 29.2 Å². The van der Waals surface area contributed by atoms with E-state index < -0.39 is 0 Å². The van der Waals surface area contributed by atoms with E-state index in [2.05, 4.69) is 26.3 Å². The van der Waals surface area contributed by atoms with Crippen molar-refractivity contribution < 1.29 is 42.2 Å². The van der Waals surface area contributed by atoms with Crippen molar-refractivity contribution in [3.8, 4) is 11.5 Å². The summed E-state index contributed by atoms with van der Waals surface area (Å²) in [7, 11) is 3.58. The van der Waals surface area contributed by atoms with E-state index in [9.17, 15) is 0 Å². The first-order valence-corrected chi connectivity index (χ1v) is 10.6. The predicted octanol–water partition coefficient (Wildman–Crippen LogP) is 6.45. The monoisotopic (exact) mass is 446 g/mol. The van der Waals surface area contributed by atoms with Crippen molar-refractivity contribution in [3.63, 3.8) is 0 Å². The van der Waals surface area contributed by atoms with E-state index in [1.807, 2.05) is 0 Å². The first-order valence-electron chi connectivity index (χ1n) is 10.6. The molecule has 0 atom stereocenters. The van der Waals surface area contributed by atoms with Crippen molar-refractivity contribution in [1.29, 1.82) is 0 Å². The molecular weight excluding hydrogens is 409 g/mol. The van der Waals surface area contributed by atoms with Gasteiger partial charge in [-0.1, -0.05) is 25.7 Å². The maximum Gasteiger partial charge on any atom is 0.128 e. The summed E-state index contributed by atoms with van der Waals surface area (Å²) < 4.78 is 11.5. The molecule has 0 aromatic heterocycles. The number of ether oxygens (including phenoxy) is 2. The van der Waals surface area contributed by atoms with Gasteiger partial charge in [0, 0.05) is 38.3 Å². The maximum absolute atomic E-state index is 5.75. The van der Waals surface area contributed by atoms with Crippen molar-refractivity contribution in [1.82, 2.24) is 0 Å². The molecule has 0 unspecified atom stereocenters. The fraction of sp³-hybridized carbons (Fsp3) is 0.708. The average Bonchev–Trinajstić information content (AvgIpc) is 2.64. The van der Waals surface area contributed by atoms with E-state index in [1.165, 1.54) is 74.5 Å². The van der Waals surface area contributed by atoms with Gasteiger partial charge in [-0.3, -0.25) is 0 Å². The smallest absolute Gasteiger partial charge is 0.128 e. The third-order valence-corrected chi connectivity index (χ3v) is 6.79. The molecule has 2 aliphatic rings. The van der Waals surface area contributed by atoms with Crippen LogP contribution in [0.2, 0.25) is 0 Å². The van der Waals surface area contributed by atoms with Gasteiger partial charge in [0.05, 0.1) is 14.2 Å². The van der Waals surface area contributed by atoms with E-state index in [-0.39, 0.29) is 32.7 Å². The van der Waals surface area contributed by atoms with E-state index in [4.69, 9.17) is 9.47 Å². The quantitative estimate of drug-likeness (QED) is 0.468. The summed E-state index contributed by atoms with van der Waals surface area (Å²) in [6.07, 6.45) is 16.2. The van der Waals surface area contributed by atoms with Crippen LogP contribution in [0.5, 0.6) is 11.5 Å². The first-order chi connectivity index (χ1) is 12.6. The van der Waals surface area contributed by atoms with Gasteiger partial charge < -0.3 is 15.9 Å². The number of methoxy groups -OCH3 is 2. The largest absolute Gasteiger partial charge is 0.496 e. The molecule has 1 radical (unpaired) electrons. The average molecular weight is 446 g/mol. The summed E-state index contributed by atoms with van der Waals surface area (Å²) >= 11 is 0. The first kappa shape index (κ1) is 23.2. The molecule has 0 aliphatic heterocycles. The molecule has 2 nitrogen and oxygen atoms in total. The minimum Gasteiger partial charge on any atom is -0.496 e. The zero-order valence-corrected chi connectivity index (χ0v) is 20.7. The number of hydrogen-bond donors (Lipinski definition) is 0. The van der Waals surface area contributed by atoms with Crippen molar-refractivity contribution in [2.75, 3.05) is 14.2 Å². The standard InChI is InChI=1S/C24H37O2.Y/c1-17-14-18(2)24(26-4)22(23(17)25-3)16-21-12-10-20(11-13-21)15-19-8-6-5-7-9-19;/h5,14,19-21H,6-13,15-16H2,1-4H3;/q-1;. The summed E-state index contributed by atoms with van der Waals surface area (Å²) in [5.41, 5.74) is 3.74. The molecule has 2 fully saturated rings. The van der Waals surface area contributed by atoms with Crippen LogP contribution in [0.25, 0.3) is 0 Å². The molecule has 0 N–H and O–H groups in total. The van der Waals surface area contributed by atoms with Gasteiger partial charge in [0.15, 0.2) is 0 Å². The van der Waals surface area contributed by atoms with E-state index in [0.29, 0.717) is 0 Å². The van der Waals surface area contributed by atoms with Gasteiger partial charge in [0.25, 0.3) is 0 Å². The third-order valence-electron chi connectivity index (χ3n) is 6.79. The normalized spacial score (nSPS) is 23.6. The Morgan fingerprint density at radius 1 is 0.815 bits per heavy atom. The number of hydrogen-bond acceptors (Lipinski definition) is 2. The molecule has 0 spiro atoms. The second-order valence-corrected chi connectivity index (χ2v) is 8.69. The zero-order valence-electron chi connectivity index (χ0n) is 17.9. The van der Waals surface area contributed by atoms with Crippen LogP contribution in [0.15, 0.2) is 6.07 Å². The van der Waals surface area contributed by atoms with Crippen molar-refractivity contribution in [2.24, 2.45) is 17.8 Å². The SMILES string of the molecule is COc1c(C)cc(C)c(OC)c1CC1CCC(CC2CC[CH-]CC2)CC1.[Y]. The van der Waals surface area contributed by atoms with Gasteiger partial charge in [-0.05, 0) is 74.5 Å². The van der Waals surface area contributed by atoms with Crippen LogP contribution in [-0.4, -0.2) is 14.2 Å². The van der Waals surface area contributed by atoms with E-state index in [1.54, 1.807) is 14.2 Å². The summed E-state index contributed by atoms with van der Waals surface area (Å²) in [6.45, 7) is 4.29.